The molecule has 1 aliphatic rings. The maximum atomic E-state index is 12.2. The SMILES string of the molecule is CCN(CC1COc2ccccc2O1)C(=O)CNCCOC.Cl. The van der Waals surface area contributed by atoms with Crippen LogP contribution in [-0.4, -0.2) is 63.4 Å². The summed E-state index contributed by atoms with van der Waals surface area (Å²) in [4.78, 5) is 14.0. The summed E-state index contributed by atoms with van der Waals surface area (Å²) in [6.07, 6.45) is -0.141. The molecule has 2 rings (SSSR count). The highest BCUT2D eigenvalue weighted by atomic mass is 35.5. The number of carbonyl (C=O) groups is 1. The molecule has 0 radical (unpaired) electrons. The molecule has 1 aromatic rings. The van der Waals surface area contributed by atoms with E-state index in [9.17, 15) is 4.79 Å². The van der Waals surface area contributed by atoms with Crippen molar-refractivity contribution in [1.29, 1.82) is 0 Å². The molecule has 1 aromatic carbocycles. The molecule has 0 aromatic heterocycles. The molecular weight excluding hydrogens is 320 g/mol. The number of nitrogens with one attached hydrogen (secondary N) is 1. The molecule has 130 valence electrons. The Bertz CT molecular complexity index is 487. The summed E-state index contributed by atoms with van der Waals surface area (Å²) in [5, 5.41) is 3.07. The van der Waals surface area contributed by atoms with Gasteiger partial charge in [-0.25, -0.2) is 0 Å². The average Bonchev–Trinajstić information content (AvgIpc) is 2.56. The first-order valence-electron chi connectivity index (χ1n) is 7.60. The van der Waals surface area contributed by atoms with Crippen LogP contribution in [0.5, 0.6) is 11.5 Å². The molecule has 1 amide bonds. The number of likely N-dealkylation sites (N-methyl/N-ethyl adjacent to an activating group) is 1. The summed E-state index contributed by atoms with van der Waals surface area (Å²) in [5.74, 6) is 1.55. The Labute approximate surface area is 143 Å². The number of methoxy groups -OCH3 is 1. The Morgan fingerprint density at radius 1 is 1.39 bits per heavy atom. The molecule has 23 heavy (non-hydrogen) atoms. The number of benzene rings is 1. The van der Waals surface area contributed by atoms with Crippen LogP contribution in [0.1, 0.15) is 6.92 Å². The van der Waals surface area contributed by atoms with Gasteiger partial charge in [-0.05, 0) is 19.1 Å². The third-order valence-corrected chi connectivity index (χ3v) is 3.49. The first kappa shape index (κ1) is 19.5. The minimum absolute atomic E-state index is 0. The Hall–Kier alpha value is -1.50. The number of rotatable bonds is 8. The molecule has 0 aliphatic carbocycles. The molecule has 1 atom stereocenters. The molecule has 7 heteroatoms. The first-order valence-corrected chi connectivity index (χ1v) is 7.60. The third-order valence-electron chi connectivity index (χ3n) is 3.49. The second-order valence-corrected chi connectivity index (χ2v) is 5.10. The Morgan fingerprint density at radius 3 is 2.83 bits per heavy atom. The van der Waals surface area contributed by atoms with E-state index in [4.69, 9.17) is 14.2 Å². The molecule has 0 fully saturated rings. The monoisotopic (exact) mass is 344 g/mol. The van der Waals surface area contributed by atoms with Crippen molar-refractivity contribution in [3.63, 3.8) is 0 Å². The van der Waals surface area contributed by atoms with Crippen LogP contribution >= 0.6 is 12.4 Å². The van der Waals surface area contributed by atoms with Gasteiger partial charge in [0, 0.05) is 20.2 Å². The molecule has 0 spiro atoms. The van der Waals surface area contributed by atoms with E-state index < -0.39 is 0 Å². The van der Waals surface area contributed by atoms with Crippen molar-refractivity contribution < 1.29 is 19.0 Å². The van der Waals surface area contributed by atoms with Crippen molar-refractivity contribution in [2.75, 3.05) is 46.5 Å². The van der Waals surface area contributed by atoms with Gasteiger partial charge in [0.15, 0.2) is 17.6 Å². The summed E-state index contributed by atoms with van der Waals surface area (Å²) in [5.41, 5.74) is 0. The normalized spacial score (nSPS) is 15.7. The van der Waals surface area contributed by atoms with Crippen LogP contribution < -0.4 is 14.8 Å². The largest absolute Gasteiger partial charge is 0.486 e. The Kier molecular flexibility index (Phi) is 8.76. The van der Waals surface area contributed by atoms with E-state index in [1.54, 1.807) is 12.0 Å². The maximum Gasteiger partial charge on any atom is 0.236 e. The topological polar surface area (TPSA) is 60.0 Å². The molecular formula is C16H25ClN2O4. The highest BCUT2D eigenvalue weighted by molar-refractivity contribution is 5.85. The average molecular weight is 345 g/mol. The lowest BCUT2D eigenvalue weighted by Gasteiger charge is -2.31. The van der Waals surface area contributed by atoms with E-state index in [0.29, 0.717) is 39.4 Å². The van der Waals surface area contributed by atoms with Crippen molar-refractivity contribution in [1.82, 2.24) is 10.2 Å². The van der Waals surface area contributed by atoms with Gasteiger partial charge in [-0.1, -0.05) is 12.1 Å². The molecule has 1 heterocycles. The van der Waals surface area contributed by atoms with E-state index >= 15 is 0 Å². The van der Waals surface area contributed by atoms with Crippen molar-refractivity contribution >= 4 is 18.3 Å². The van der Waals surface area contributed by atoms with Gasteiger partial charge in [0.1, 0.15) is 6.61 Å². The summed E-state index contributed by atoms with van der Waals surface area (Å²) in [6.45, 7) is 5.15. The summed E-state index contributed by atoms with van der Waals surface area (Å²) in [6, 6.07) is 7.59. The Morgan fingerprint density at radius 2 is 2.13 bits per heavy atom. The van der Waals surface area contributed by atoms with Gasteiger partial charge in [-0.2, -0.15) is 0 Å². The summed E-state index contributed by atoms with van der Waals surface area (Å²) < 4.78 is 16.5. The van der Waals surface area contributed by atoms with Gasteiger partial charge in [0.2, 0.25) is 5.91 Å². The van der Waals surface area contributed by atoms with E-state index in [2.05, 4.69) is 5.32 Å². The van der Waals surface area contributed by atoms with Crippen LogP contribution in [0.4, 0.5) is 0 Å². The van der Waals surface area contributed by atoms with Gasteiger partial charge in [-0.3, -0.25) is 4.79 Å². The fraction of sp³-hybridized carbons (Fsp3) is 0.562. The van der Waals surface area contributed by atoms with Crippen molar-refractivity contribution in [2.45, 2.75) is 13.0 Å². The highest BCUT2D eigenvalue weighted by Gasteiger charge is 2.24. The number of hydrogen-bond acceptors (Lipinski definition) is 5. The molecule has 1 aliphatic heterocycles. The van der Waals surface area contributed by atoms with E-state index in [0.717, 1.165) is 11.5 Å². The smallest absolute Gasteiger partial charge is 0.236 e. The number of halogens is 1. The van der Waals surface area contributed by atoms with Gasteiger partial charge >= 0.3 is 0 Å². The zero-order chi connectivity index (χ0) is 15.8. The molecule has 0 saturated carbocycles. The lowest BCUT2D eigenvalue weighted by atomic mass is 10.2. The van der Waals surface area contributed by atoms with Crippen molar-refractivity contribution in [2.24, 2.45) is 0 Å². The predicted molar refractivity (Wildman–Crippen MR) is 90.6 cm³/mol. The van der Waals surface area contributed by atoms with Gasteiger partial charge in [0.25, 0.3) is 0 Å². The maximum absolute atomic E-state index is 12.2. The third kappa shape index (κ3) is 5.89. The fourth-order valence-corrected chi connectivity index (χ4v) is 2.29. The number of fused-ring (bicyclic) bond motifs is 1. The number of para-hydroxylation sites is 2. The quantitative estimate of drug-likeness (QED) is 0.721. The molecule has 1 unspecified atom stereocenters. The minimum atomic E-state index is -0.141. The van der Waals surface area contributed by atoms with Gasteiger partial charge in [-0.15, -0.1) is 12.4 Å². The molecule has 6 nitrogen and oxygen atoms in total. The molecule has 1 N–H and O–H groups in total. The zero-order valence-corrected chi connectivity index (χ0v) is 14.4. The van der Waals surface area contributed by atoms with Crippen LogP contribution in [0, 0.1) is 0 Å². The number of nitrogens with zero attached hydrogens (tertiary/aromatic N) is 1. The van der Waals surface area contributed by atoms with E-state index in [1.807, 2.05) is 31.2 Å². The molecule has 0 bridgehead atoms. The zero-order valence-electron chi connectivity index (χ0n) is 13.6. The highest BCUT2D eigenvalue weighted by Crippen LogP contribution is 2.30. The molecule has 0 saturated heterocycles. The van der Waals surface area contributed by atoms with Crippen LogP contribution in [0.3, 0.4) is 0 Å². The second-order valence-electron chi connectivity index (χ2n) is 5.10. The van der Waals surface area contributed by atoms with Crippen LogP contribution in [-0.2, 0) is 9.53 Å². The van der Waals surface area contributed by atoms with Crippen LogP contribution in [0.15, 0.2) is 24.3 Å². The minimum Gasteiger partial charge on any atom is -0.486 e. The Balaban J connectivity index is 0.00000264. The number of amides is 1. The van der Waals surface area contributed by atoms with E-state index in [1.165, 1.54) is 0 Å². The predicted octanol–water partition coefficient (Wildman–Crippen LogP) is 1.33. The van der Waals surface area contributed by atoms with Crippen molar-refractivity contribution in [3.05, 3.63) is 24.3 Å². The van der Waals surface area contributed by atoms with E-state index in [-0.39, 0.29) is 24.4 Å². The van der Waals surface area contributed by atoms with Gasteiger partial charge < -0.3 is 24.4 Å². The number of carbonyl (C=O) groups excluding carboxylic acids is 1. The van der Waals surface area contributed by atoms with Crippen LogP contribution in [0.25, 0.3) is 0 Å². The second kappa shape index (κ2) is 10.3. The lowest BCUT2D eigenvalue weighted by Crippen LogP contribution is -2.46. The van der Waals surface area contributed by atoms with Crippen molar-refractivity contribution in [3.8, 4) is 11.5 Å². The fourth-order valence-electron chi connectivity index (χ4n) is 2.29. The number of hydrogen-bond donors (Lipinski definition) is 1. The lowest BCUT2D eigenvalue weighted by molar-refractivity contribution is -0.131. The first-order chi connectivity index (χ1) is 10.7. The summed E-state index contributed by atoms with van der Waals surface area (Å²) in [7, 11) is 1.64. The standard InChI is InChI=1S/C16H24N2O4.ClH/c1-3-18(16(19)10-17-8-9-20-2)11-13-12-21-14-6-4-5-7-15(14)22-13;/h4-7,13,17H,3,8-12H2,1-2H3;1H. The number of ether oxygens (including phenoxy) is 3. The van der Waals surface area contributed by atoms with Gasteiger partial charge in [0.05, 0.1) is 19.7 Å². The summed E-state index contributed by atoms with van der Waals surface area (Å²) >= 11 is 0. The van der Waals surface area contributed by atoms with Crippen LogP contribution in [0.2, 0.25) is 0 Å².